The second kappa shape index (κ2) is 7.29. The van der Waals surface area contributed by atoms with Gasteiger partial charge in [-0.2, -0.15) is 0 Å². The van der Waals surface area contributed by atoms with Crippen LogP contribution in [0.4, 0.5) is 0 Å². The molecule has 1 aromatic heterocycles. The minimum absolute atomic E-state index is 0.00677. The van der Waals surface area contributed by atoms with Crippen molar-refractivity contribution in [2.75, 3.05) is 20.2 Å². The smallest absolute Gasteiger partial charge is 0.303 e. The number of aliphatic hydroxyl groups excluding tert-OH is 1. The van der Waals surface area contributed by atoms with E-state index in [0.29, 0.717) is 19.6 Å². The van der Waals surface area contributed by atoms with E-state index >= 15 is 0 Å². The van der Waals surface area contributed by atoms with E-state index in [4.69, 9.17) is 9.84 Å². The van der Waals surface area contributed by atoms with Crippen LogP contribution in [0.15, 0.2) is 30.5 Å². The van der Waals surface area contributed by atoms with Gasteiger partial charge >= 0.3 is 5.97 Å². The monoisotopic (exact) mass is 348 g/mol. The van der Waals surface area contributed by atoms with Crippen LogP contribution in [-0.2, 0) is 11.3 Å². The topological polar surface area (TPSA) is 82.9 Å². The Morgan fingerprint density at radius 1 is 1.42 bits per heavy atom. The predicted molar refractivity (Wildman–Crippen MR) is 91.1 cm³/mol. The third kappa shape index (κ3) is 3.75. The number of rotatable bonds is 6. The maximum Gasteiger partial charge on any atom is 0.303 e. The quantitative estimate of drug-likeness (QED) is 0.832. The summed E-state index contributed by atoms with van der Waals surface area (Å²) in [7, 11) is 1.64. The number of carboxylic acids is 1. The lowest BCUT2D eigenvalue weighted by Gasteiger charge is -2.13. The fourth-order valence-electron chi connectivity index (χ4n) is 3.04. The van der Waals surface area contributed by atoms with Crippen LogP contribution in [0.2, 0.25) is 0 Å². The van der Waals surface area contributed by atoms with Gasteiger partial charge in [0.2, 0.25) is 0 Å². The van der Waals surface area contributed by atoms with Gasteiger partial charge in [-0.05, 0) is 12.1 Å². The molecule has 1 aliphatic heterocycles. The number of carbonyl (C=O) groups is 1. The summed E-state index contributed by atoms with van der Waals surface area (Å²) in [5.74, 6) is -0.280. The number of β-amino-alcohol motifs (C(OH)–C–C–N with tert-alkyl or cyclic N) is 1. The van der Waals surface area contributed by atoms with E-state index in [9.17, 15) is 9.90 Å². The Labute approximate surface area is 144 Å². The van der Waals surface area contributed by atoms with Gasteiger partial charge in [0.15, 0.2) is 0 Å². The highest BCUT2D eigenvalue weighted by atomic mass is 32.1. The number of hydrogen-bond acceptors (Lipinski definition) is 6. The van der Waals surface area contributed by atoms with Crippen molar-refractivity contribution in [3.63, 3.8) is 0 Å². The largest absolute Gasteiger partial charge is 0.496 e. The molecule has 6 nitrogen and oxygen atoms in total. The van der Waals surface area contributed by atoms with Crippen molar-refractivity contribution >= 4 is 17.3 Å². The van der Waals surface area contributed by atoms with E-state index < -0.39 is 12.1 Å². The molecule has 7 heteroatoms. The van der Waals surface area contributed by atoms with Crippen LogP contribution in [0.3, 0.4) is 0 Å². The Morgan fingerprint density at radius 3 is 2.96 bits per heavy atom. The molecule has 128 valence electrons. The van der Waals surface area contributed by atoms with Crippen molar-refractivity contribution in [3.05, 3.63) is 35.3 Å². The SMILES string of the molecule is COc1ccccc1-c1ncc(CN2C[C@@H](CC(=O)O)[C@H](O)C2)s1. The summed E-state index contributed by atoms with van der Waals surface area (Å²) < 4.78 is 5.38. The number of methoxy groups -OCH3 is 1. The summed E-state index contributed by atoms with van der Waals surface area (Å²) in [6.45, 7) is 1.76. The van der Waals surface area contributed by atoms with Gasteiger partial charge in [0.25, 0.3) is 0 Å². The Morgan fingerprint density at radius 2 is 2.21 bits per heavy atom. The van der Waals surface area contributed by atoms with Gasteiger partial charge in [-0.25, -0.2) is 4.98 Å². The number of aliphatic carboxylic acids is 1. The highest BCUT2D eigenvalue weighted by Crippen LogP contribution is 2.33. The Kier molecular flexibility index (Phi) is 5.13. The Bertz CT molecular complexity index is 718. The molecule has 0 amide bonds. The minimum Gasteiger partial charge on any atom is -0.496 e. The summed E-state index contributed by atoms with van der Waals surface area (Å²) in [6.07, 6.45) is 1.26. The van der Waals surface area contributed by atoms with Crippen LogP contribution in [0.1, 0.15) is 11.3 Å². The van der Waals surface area contributed by atoms with Crippen molar-refractivity contribution in [3.8, 4) is 16.3 Å². The molecule has 0 unspecified atom stereocenters. The van der Waals surface area contributed by atoms with Crippen LogP contribution < -0.4 is 4.74 Å². The van der Waals surface area contributed by atoms with Crippen molar-refractivity contribution in [1.29, 1.82) is 0 Å². The number of aliphatic hydroxyl groups is 1. The summed E-state index contributed by atoms with van der Waals surface area (Å²) in [4.78, 5) is 18.5. The number of para-hydroxylation sites is 1. The number of nitrogens with zero attached hydrogens (tertiary/aromatic N) is 2. The van der Waals surface area contributed by atoms with Crippen LogP contribution >= 0.6 is 11.3 Å². The molecule has 1 aromatic carbocycles. The average molecular weight is 348 g/mol. The molecule has 24 heavy (non-hydrogen) atoms. The number of benzene rings is 1. The Balaban J connectivity index is 1.68. The zero-order valence-corrected chi connectivity index (χ0v) is 14.2. The zero-order valence-electron chi connectivity index (χ0n) is 13.4. The number of likely N-dealkylation sites (tertiary alicyclic amines) is 1. The van der Waals surface area contributed by atoms with Crippen molar-refractivity contribution in [2.45, 2.75) is 19.1 Å². The normalized spacial score (nSPS) is 21.1. The molecular weight excluding hydrogens is 328 g/mol. The third-order valence-electron chi connectivity index (χ3n) is 4.19. The van der Waals surface area contributed by atoms with Crippen molar-refractivity contribution in [1.82, 2.24) is 9.88 Å². The second-order valence-corrected chi connectivity index (χ2v) is 7.07. The molecule has 1 aliphatic rings. The Hall–Kier alpha value is -1.96. The number of ether oxygens (including phenoxy) is 1. The zero-order chi connectivity index (χ0) is 17.1. The molecule has 1 saturated heterocycles. The molecule has 3 rings (SSSR count). The summed E-state index contributed by atoms with van der Waals surface area (Å²) in [5.41, 5.74) is 0.960. The number of thiazole rings is 1. The summed E-state index contributed by atoms with van der Waals surface area (Å²) >= 11 is 1.59. The molecule has 2 N–H and O–H groups in total. The molecule has 0 saturated carbocycles. The van der Waals surface area contributed by atoms with Crippen LogP contribution in [0.25, 0.3) is 10.6 Å². The first-order valence-electron chi connectivity index (χ1n) is 7.77. The first-order valence-corrected chi connectivity index (χ1v) is 8.58. The number of aromatic nitrogens is 1. The fraction of sp³-hybridized carbons (Fsp3) is 0.412. The lowest BCUT2D eigenvalue weighted by Crippen LogP contribution is -2.21. The van der Waals surface area contributed by atoms with Crippen LogP contribution in [0.5, 0.6) is 5.75 Å². The average Bonchev–Trinajstić information content (AvgIpc) is 3.14. The van der Waals surface area contributed by atoms with E-state index in [1.807, 2.05) is 30.5 Å². The number of carboxylic acid groups (broad SMARTS) is 1. The van der Waals surface area contributed by atoms with E-state index in [2.05, 4.69) is 9.88 Å². The molecule has 0 bridgehead atoms. The van der Waals surface area contributed by atoms with Crippen LogP contribution in [0, 0.1) is 5.92 Å². The van der Waals surface area contributed by atoms with E-state index in [-0.39, 0.29) is 12.3 Å². The maximum absolute atomic E-state index is 10.8. The molecule has 0 aliphatic carbocycles. The van der Waals surface area contributed by atoms with Gasteiger partial charge in [0, 0.05) is 36.6 Å². The van der Waals surface area contributed by atoms with Gasteiger partial charge in [-0.3, -0.25) is 9.69 Å². The van der Waals surface area contributed by atoms with E-state index in [1.54, 1.807) is 18.4 Å². The highest BCUT2D eigenvalue weighted by Gasteiger charge is 2.32. The van der Waals surface area contributed by atoms with Crippen LogP contribution in [-0.4, -0.2) is 52.4 Å². The highest BCUT2D eigenvalue weighted by molar-refractivity contribution is 7.15. The lowest BCUT2D eigenvalue weighted by molar-refractivity contribution is -0.138. The van der Waals surface area contributed by atoms with Gasteiger partial charge < -0.3 is 14.9 Å². The minimum atomic E-state index is -0.864. The molecule has 2 aromatic rings. The molecule has 1 fully saturated rings. The summed E-state index contributed by atoms with van der Waals surface area (Å²) in [5, 5.41) is 19.8. The summed E-state index contributed by atoms with van der Waals surface area (Å²) in [6, 6.07) is 7.75. The first kappa shape index (κ1) is 16.9. The number of hydrogen-bond donors (Lipinski definition) is 2. The molecule has 2 atom stereocenters. The molecular formula is C17H20N2O4S. The van der Waals surface area contributed by atoms with E-state index in [1.165, 1.54) is 0 Å². The predicted octanol–water partition coefficient (Wildman–Crippen LogP) is 2.09. The van der Waals surface area contributed by atoms with Crippen molar-refractivity contribution in [2.24, 2.45) is 5.92 Å². The second-order valence-electron chi connectivity index (χ2n) is 5.95. The van der Waals surface area contributed by atoms with Gasteiger partial charge in [-0.1, -0.05) is 12.1 Å². The first-order chi connectivity index (χ1) is 11.6. The van der Waals surface area contributed by atoms with Gasteiger partial charge in [0.05, 0.1) is 25.2 Å². The van der Waals surface area contributed by atoms with Gasteiger partial charge in [-0.15, -0.1) is 11.3 Å². The maximum atomic E-state index is 10.8. The molecule has 0 radical (unpaired) electrons. The molecule has 0 spiro atoms. The fourth-order valence-corrected chi connectivity index (χ4v) is 4.03. The van der Waals surface area contributed by atoms with Crippen molar-refractivity contribution < 1.29 is 19.7 Å². The molecule has 2 heterocycles. The van der Waals surface area contributed by atoms with Gasteiger partial charge in [0.1, 0.15) is 10.8 Å². The third-order valence-corrected chi connectivity index (χ3v) is 5.20. The van der Waals surface area contributed by atoms with E-state index in [0.717, 1.165) is 21.2 Å². The lowest BCUT2D eigenvalue weighted by atomic mass is 10.0. The standard InChI is InChI=1S/C17H20N2O4S/c1-23-15-5-3-2-4-13(15)17-18-7-12(24-17)9-19-8-11(6-16(21)22)14(20)10-19/h2-5,7,11,14,20H,6,8-10H2,1H3,(H,21,22)/t11-,14-/m1/s1.